The van der Waals surface area contributed by atoms with Crippen LogP contribution in [0.15, 0.2) is 18.2 Å². The van der Waals surface area contributed by atoms with E-state index in [-0.39, 0.29) is 17.0 Å². The van der Waals surface area contributed by atoms with E-state index in [0.717, 1.165) is 12.1 Å². The minimum absolute atomic E-state index is 0.0271. The number of hydrogen-bond acceptors (Lipinski definition) is 5. The summed E-state index contributed by atoms with van der Waals surface area (Å²) in [4.78, 5) is 10.5. The molecule has 3 N–H and O–H groups in total. The molecule has 0 aliphatic heterocycles. The molecule has 0 radical (unpaired) electrons. The zero-order valence-electron chi connectivity index (χ0n) is 13.2. The minimum Gasteiger partial charge on any atom is -0.487 e. The van der Waals surface area contributed by atoms with Crippen LogP contribution in [-0.4, -0.2) is 23.6 Å². The van der Waals surface area contributed by atoms with Crippen LogP contribution in [0, 0.1) is 16.0 Å². The van der Waals surface area contributed by atoms with Crippen LogP contribution in [0.25, 0.3) is 0 Å². The molecule has 0 saturated heterocycles. The summed E-state index contributed by atoms with van der Waals surface area (Å²) in [5.74, 6) is 0.770. The summed E-state index contributed by atoms with van der Waals surface area (Å²) in [7, 11) is 0. The van der Waals surface area contributed by atoms with Gasteiger partial charge in [-0.3, -0.25) is 10.1 Å². The molecule has 0 amide bonds. The number of anilines is 1. The fraction of sp³-hybridized carbons (Fsp3) is 0.600. The fourth-order valence-electron chi connectivity index (χ4n) is 2.45. The van der Waals surface area contributed by atoms with Gasteiger partial charge in [-0.05, 0) is 32.3 Å². The number of nitro groups is 1. The zero-order chi connectivity index (χ0) is 16.0. The van der Waals surface area contributed by atoms with E-state index in [9.17, 15) is 10.1 Å². The highest BCUT2D eigenvalue weighted by Crippen LogP contribution is 2.32. The summed E-state index contributed by atoms with van der Waals surface area (Å²) >= 11 is 0. The first-order valence-electron chi connectivity index (χ1n) is 7.20. The normalized spacial score (nSPS) is 13.8. The van der Waals surface area contributed by atoms with Gasteiger partial charge >= 0.3 is 5.69 Å². The highest BCUT2D eigenvalue weighted by atomic mass is 16.6. The summed E-state index contributed by atoms with van der Waals surface area (Å²) in [6.07, 6.45) is 0.907. The third-order valence-electron chi connectivity index (χ3n) is 3.21. The van der Waals surface area contributed by atoms with Crippen molar-refractivity contribution in [1.82, 2.24) is 0 Å². The van der Waals surface area contributed by atoms with Gasteiger partial charge in [-0.1, -0.05) is 13.8 Å². The van der Waals surface area contributed by atoms with Crippen molar-refractivity contribution in [3.8, 4) is 5.75 Å². The van der Waals surface area contributed by atoms with Crippen LogP contribution < -0.4 is 15.8 Å². The standard InChI is InChI=1S/C15H25N3O3/c1-5-21-14-8-12(6-7-13(14)18(19)20)17-15(4,10-16)9-11(2)3/h6-8,11,17H,5,9-10,16H2,1-4H3. The Balaban J connectivity index is 3.03. The van der Waals surface area contributed by atoms with Crippen LogP contribution >= 0.6 is 0 Å². The maximum atomic E-state index is 11.0. The lowest BCUT2D eigenvalue weighted by Gasteiger charge is -2.32. The molecule has 1 unspecified atom stereocenters. The van der Waals surface area contributed by atoms with Crippen LogP contribution in [-0.2, 0) is 0 Å². The van der Waals surface area contributed by atoms with E-state index in [0.29, 0.717) is 19.1 Å². The molecular formula is C15H25N3O3. The van der Waals surface area contributed by atoms with Crippen molar-refractivity contribution in [2.75, 3.05) is 18.5 Å². The summed E-state index contributed by atoms with van der Waals surface area (Å²) in [5, 5.41) is 14.4. The second kappa shape index (κ2) is 7.26. The summed E-state index contributed by atoms with van der Waals surface area (Å²) in [5.41, 5.74) is 6.37. The quantitative estimate of drug-likeness (QED) is 0.568. The number of hydrogen-bond donors (Lipinski definition) is 2. The number of ether oxygens (including phenoxy) is 1. The van der Waals surface area contributed by atoms with Crippen LogP contribution in [0.1, 0.15) is 34.1 Å². The molecule has 0 heterocycles. The first-order valence-corrected chi connectivity index (χ1v) is 7.20. The Labute approximate surface area is 125 Å². The Bertz CT molecular complexity index is 491. The van der Waals surface area contributed by atoms with E-state index in [1.54, 1.807) is 19.1 Å². The lowest BCUT2D eigenvalue weighted by atomic mass is 9.90. The van der Waals surface area contributed by atoms with Crippen LogP contribution in [0.5, 0.6) is 5.75 Å². The molecule has 6 heteroatoms. The highest BCUT2D eigenvalue weighted by Gasteiger charge is 2.24. The average Bonchev–Trinajstić information content (AvgIpc) is 2.38. The molecule has 1 rings (SSSR count). The predicted octanol–water partition coefficient (Wildman–Crippen LogP) is 3.17. The number of rotatable bonds is 8. The lowest BCUT2D eigenvalue weighted by Crippen LogP contribution is -2.43. The molecule has 0 aliphatic carbocycles. The Morgan fingerprint density at radius 1 is 1.48 bits per heavy atom. The number of nitrogens with two attached hydrogens (primary N) is 1. The van der Waals surface area contributed by atoms with Gasteiger partial charge in [0.15, 0.2) is 5.75 Å². The van der Waals surface area contributed by atoms with Crippen molar-refractivity contribution < 1.29 is 9.66 Å². The maximum Gasteiger partial charge on any atom is 0.311 e. The molecule has 118 valence electrons. The van der Waals surface area contributed by atoms with Gasteiger partial charge in [0.05, 0.1) is 11.5 Å². The minimum atomic E-state index is -0.439. The van der Waals surface area contributed by atoms with E-state index < -0.39 is 4.92 Å². The molecule has 0 saturated carbocycles. The second-order valence-electron chi connectivity index (χ2n) is 5.86. The smallest absolute Gasteiger partial charge is 0.311 e. The molecule has 0 spiro atoms. The van der Waals surface area contributed by atoms with Crippen molar-refractivity contribution in [2.45, 2.75) is 39.7 Å². The second-order valence-corrected chi connectivity index (χ2v) is 5.86. The molecular weight excluding hydrogens is 270 g/mol. The van der Waals surface area contributed by atoms with Crippen molar-refractivity contribution in [1.29, 1.82) is 0 Å². The van der Waals surface area contributed by atoms with Crippen molar-refractivity contribution in [3.63, 3.8) is 0 Å². The molecule has 21 heavy (non-hydrogen) atoms. The van der Waals surface area contributed by atoms with Crippen molar-refractivity contribution >= 4 is 11.4 Å². The molecule has 0 aliphatic rings. The zero-order valence-corrected chi connectivity index (χ0v) is 13.2. The first-order chi connectivity index (χ1) is 9.81. The van der Waals surface area contributed by atoms with Crippen LogP contribution in [0.2, 0.25) is 0 Å². The van der Waals surface area contributed by atoms with Crippen LogP contribution in [0.3, 0.4) is 0 Å². The van der Waals surface area contributed by atoms with E-state index in [1.165, 1.54) is 6.07 Å². The largest absolute Gasteiger partial charge is 0.487 e. The number of nitrogens with one attached hydrogen (secondary N) is 1. The fourth-order valence-corrected chi connectivity index (χ4v) is 2.45. The Kier molecular flexibility index (Phi) is 5.96. The van der Waals surface area contributed by atoms with Gasteiger partial charge in [0.25, 0.3) is 0 Å². The maximum absolute atomic E-state index is 11.0. The number of benzene rings is 1. The third-order valence-corrected chi connectivity index (χ3v) is 3.21. The summed E-state index contributed by atoms with van der Waals surface area (Å²) < 4.78 is 5.36. The molecule has 6 nitrogen and oxygen atoms in total. The van der Waals surface area contributed by atoms with E-state index in [2.05, 4.69) is 26.1 Å². The number of nitro benzene ring substituents is 1. The van der Waals surface area contributed by atoms with Crippen molar-refractivity contribution in [2.24, 2.45) is 11.7 Å². The van der Waals surface area contributed by atoms with Gasteiger partial charge in [-0.15, -0.1) is 0 Å². The van der Waals surface area contributed by atoms with Gasteiger partial charge in [-0.25, -0.2) is 0 Å². The predicted molar refractivity (Wildman–Crippen MR) is 84.8 cm³/mol. The average molecular weight is 295 g/mol. The monoisotopic (exact) mass is 295 g/mol. The van der Waals surface area contributed by atoms with E-state index in [1.807, 2.05) is 0 Å². The first kappa shape index (κ1) is 17.2. The van der Waals surface area contributed by atoms with Gasteiger partial charge in [0, 0.05) is 29.9 Å². The van der Waals surface area contributed by atoms with E-state index in [4.69, 9.17) is 10.5 Å². The topological polar surface area (TPSA) is 90.4 Å². The summed E-state index contributed by atoms with van der Waals surface area (Å²) in [6.45, 7) is 8.98. The van der Waals surface area contributed by atoms with Gasteiger partial charge in [0.1, 0.15) is 0 Å². The molecule has 1 atom stereocenters. The van der Waals surface area contributed by atoms with E-state index >= 15 is 0 Å². The summed E-state index contributed by atoms with van der Waals surface area (Å²) in [6, 6.07) is 4.81. The third kappa shape index (κ3) is 4.90. The van der Waals surface area contributed by atoms with Gasteiger partial charge in [-0.2, -0.15) is 0 Å². The molecule has 0 fully saturated rings. The number of nitrogens with zero attached hydrogens (tertiary/aromatic N) is 1. The SMILES string of the molecule is CCOc1cc(NC(C)(CN)CC(C)C)ccc1[N+](=O)[O-]. The molecule has 0 bridgehead atoms. The molecule has 1 aromatic rings. The highest BCUT2D eigenvalue weighted by molar-refractivity contribution is 5.59. The Hall–Kier alpha value is -1.82. The molecule has 1 aromatic carbocycles. The Morgan fingerprint density at radius 2 is 2.14 bits per heavy atom. The molecule has 0 aromatic heterocycles. The lowest BCUT2D eigenvalue weighted by molar-refractivity contribution is -0.385. The van der Waals surface area contributed by atoms with Crippen molar-refractivity contribution in [3.05, 3.63) is 28.3 Å². The van der Waals surface area contributed by atoms with Gasteiger partial charge in [0.2, 0.25) is 0 Å². The Morgan fingerprint density at radius 3 is 2.62 bits per heavy atom. The van der Waals surface area contributed by atoms with Gasteiger partial charge < -0.3 is 15.8 Å². The van der Waals surface area contributed by atoms with Crippen LogP contribution in [0.4, 0.5) is 11.4 Å².